The molecule has 0 N–H and O–H groups in total. The highest BCUT2D eigenvalue weighted by Gasteiger charge is 2.33. The van der Waals surface area contributed by atoms with Gasteiger partial charge in [-0.15, -0.1) is 0 Å². The predicted molar refractivity (Wildman–Crippen MR) is 105 cm³/mol. The summed E-state index contributed by atoms with van der Waals surface area (Å²) in [6.45, 7) is 4.14. The van der Waals surface area contributed by atoms with E-state index in [2.05, 4.69) is 23.8 Å². The highest BCUT2D eigenvalue weighted by molar-refractivity contribution is 5.29. The first-order valence-electron chi connectivity index (χ1n) is 9.11. The average molecular weight is 396 g/mol. The van der Waals surface area contributed by atoms with Crippen LogP contribution in [0.4, 0.5) is 0 Å². The Kier molecular flexibility index (Phi) is 4.40. The third kappa shape index (κ3) is 3.37. The number of hydrogen-bond donors (Lipinski definition) is 0. The van der Waals surface area contributed by atoms with Gasteiger partial charge in [-0.1, -0.05) is 0 Å². The molecule has 0 aliphatic carbocycles. The minimum absolute atomic E-state index is 0.494. The van der Waals surface area contributed by atoms with Gasteiger partial charge < -0.3 is 27.7 Å². The van der Waals surface area contributed by atoms with Crippen LogP contribution in [0.3, 0.4) is 0 Å². The van der Waals surface area contributed by atoms with Crippen LogP contribution in [0.1, 0.15) is 25.5 Å². The summed E-state index contributed by atoms with van der Waals surface area (Å²) in [6.07, 6.45) is 10.4. The molecule has 29 heavy (non-hydrogen) atoms. The summed E-state index contributed by atoms with van der Waals surface area (Å²) in [4.78, 5) is 17.5. The first-order chi connectivity index (χ1) is 13.8. The lowest BCUT2D eigenvalue weighted by atomic mass is 9.91. The highest BCUT2D eigenvalue weighted by Crippen LogP contribution is 2.33. The molecule has 0 saturated carbocycles. The molecule has 10 nitrogen and oxygen atoms in total. The Bertz CT molecular complexity index is 1060. The first kappa shape index (κ1) is 18.8. The van der Waals surface area contributed by atoms with Crippen LogP contribution in [0.5, 0.6) is 23.5 Å². The zero-order valence-electron chi connectivity index (χ0n) is 17.4. The van der Waals surface area contributed by atoms with Crippen LogP contribution in [0, 0.1) is 0 Å². The average Bonchev–Trinajstić information content (AvgIpc) is 3.41. The monoisotopic (exact) mass is 396 g/mol. The molecule has 0 bridgehead atoms. The lowest BCUT2D eigenvalue weighted by Gasteiger charge is -2.23. The van der Waals surface area contributed by atoms with Crippen LogP contribution in [-0.4, -0.2) is 38.2 Å². The summed E-state index contributed by atoms with van der Waals surface area (Å²) in [7, 11) is 7.62. The van der Waals surface area contributed by atoms with E-state index in [4.69, 9.17) is 19.4 Å². The van der Waals surface area contributed by atoms with E-state index >= 15 is 0 Å². The molecule has 0 fully saturated rings. The Morgan fingerprint density at radius 1 is 0.690 bits per heavy atom. The van der Waals surface area contributed by atoms with Crippen molar-refractivity contribution in [3.8, 4) is 23.5 Å². The van der Waals surface area contributed by atoms with Crippen LogP contribution in [-0.2, 0) is 33.6 Å². The maximum atomic E-state index is 5.87. The maximum Gasteiger partial charge on any atom is 0.239 e. The fraction of sp³-hybridized carbons (Fsp3) is 0.368. The molecule has 0 aliphatic rings. The third-order valence-corrected chi connectivity index (χ3v) is 4.79. The number of hydrogen-bond acceptors (Lipinski definition) is 6. The standard InChI is InChI=1S/C19H24N8O2/c1-19(2,17-22-13(9-24(17)3)28-15-7-20-11-26(15)5)18-23-14(10-25(18)4)29-16-8-21-12-27(16)6/h7-12H,1-6H3. The minimum Gasteiger partial charge on any atom is -0.419 e. The highest BCUT2D eigenvalue weighted by atomic mass is 16.5. The van der Waals surface area contributed by atoms with Crippen LogP contribution in [0.2, 0.25) is 0 Å². The molecule has 152 valence electrons. The van der Waals surface area contributed by atoms with Crippen molar-refractivity contribution in [2.75, 3.05) is 0 Å². The van der Waals surface area contributed by atoms with Crippen molar-refractivity contribution < 1.29 is 9.47 Å². The summed E-state index contributed by atoms with van der Waals surface area (Å²) < 4.78 is 19.2. The van der Waals surface area contributed by atoms with Gasteiger partial charge in [0.2, 0.25) is 23.5 Å². The number of rotatable bonds is 6. The third-order valence-electron chi connectivity index (χ3n) is 4.79. The van der Waals surface area contributed by atoms with Gasteiger partial charge in [-0.2, -0.15) is 9.97 Å². The molecule has 4 heterocycles. The predicted octanol–water partition coefficient (Wildman–Crippen LogP) is 2.53. The van der Waals surface area contributed by atoms with Crippen molar-refractivity contribution in [2.24, 2.45) is 28.2 Å². The van der Waals surface area contributed by atoms with E-state index in [9.17, 15) is 0 Å². The van der Waals surface area contributed by atoms with Crippen molar-refractivity contribution in [1.29, 1.82) is 0 Å². The topological polar surface area (TPSA) is 89.7 Å². The van der Waals surface area contributed by atoms with E-state index in [1.807, 2.05) is 49.7 Å². The first-order valence-corrected chi connectivity index (χ1v) is 9.11. The van der Waals surface area contributed by atoms with Gasteiger partial charge in [-0.25, -0.2) is 9.97 Å². The minimum atomic E-state index is -0.494. The van der Waals surface area contributed by atoms with Gasteiger partial charge in [-0.05, 0) is 13.8 Å². The number of ether oxygens (including phenoxy) is 2. The van der Waals surface area contributed by atoms with Crippen molar-refractivity contribution in [3.05, 3.63) is 49.1 Å². The van der Waals surface area contributed by atoms with Crippen molar-refractivity contribution >= 4 is 0 Å². The second-order valence-corrected chi connectivity index (χ2v) is 7.54. The van der Waals surface area contributed by atoms with E-state index in [1.54, 1.807) is 34.2 Å². The second kappa shape index (κ2) is 6.80. The normalized spacial score (nSPS) is 11.8. The molecule has 0 saturated heterocycles. The Balaban J connectivity index is 1.63. The molecule has 4 rings (SSSR count). The van der Waals surface area contributed by atoms with Gasteiger partial charge in [0.25, 0.3) is 0 Å². The quantitative estimate of drug-likeness (QED) is 0.498. The summed E-state index contributed by atoms with van der Waals surface area (Å²) in [5.74, 6) is 3.87. The van der Waals surface area contributed by atoms with Gasteiger partial charge in [0.1, 0.15) is 11.6 Å². The summed E-state index contributed by atoms with van der Waals surface area (Å²) in [5, 5.41) is 0. The Labute approximate surface area is 168 Å². The van der Waals surface area contributed by atoms with Crippen molar-refractivity contribution in [2.45, 2.75) is 19.3 Å². The van der Waals surface area contributed by atoms with E-state index in [1.165, 1.54) is 0 Å². The van der Waals surface area contributed by atoms with E-state index in [0.29, 0.717) is 23.5 Å². The lowest BCUT2D eigenvalue weighted by molar-refractivity contribution is 0.421. The molecular weight excluding hydrogens is 372 g/mol. The molecular formula is C19H24N8O2. The van der Waals surface area contributed by atoms with E-state index in [0.717, 1.165) is 11.6 Å². The Morgan fingerprint density at radius 3 is 1.45 bits per heavy atom. The SMILES string of the molecule is Cn1cncc1Oc1cn(C)c(C(C)(C)c2nc(Oc3cncn3C)cn2C)n1. The second-order valence-electron chi connectivity index (χ2n) is 7.54. The molecule has 0 aliphatic heterocycles. The molecule has 10 heteroatoms. The van der Waals surface area contributed by atoms with Crippen LogP contribution in [0.15, 0.2) is 37.4 Å². The van der Waals surface area contributed by atoms with Crippen LogP contribution < -0.4 is 9.47 Å². The van der Waals surface area contributed by atoms with Gasteiger partial charge in [0.05, 0.1) is 42.9 Å². The van der Waals surface area contributed by atoms with Crippen LogP contribution in [0.25, 0.3) is 0 Å². The maximum absolute atomic E-state index is 5.87. The largest absolute Gasteiger partial charge is 0.419 e. The number of nitrogens with zero attached hydrogens (tertiary/aromatic N) is 8. The molecule has 4 aromatic heterocycles. The van der Waals surface area contributed by atoms with Crippen molar-refractivity contribution in [3.63, 3.8) is 0 Å². The van der Waals surface area contributed by atoms with E-state index in [-0.39, 0.29) is 0 Å². The summed E-state index contributed by atoms with van der Waals surface area (Å²) >= 11 is 0. The molecule has 0 radical (unpaired) electrons. The zero-order chi connectivity index (χ0) is 20.8. The molecule has 0 spiro atoms. The molecule has 0 unspecified atom stereocenters. The number of aryl methyl sites for hydroxylation is 4. The van der Waals surface area contributed by atoms with Gasteiger partial charge in [0, 0.05) is 28.2 Å². The van der Waals surface area contributed by atoms with Gasteiger partial charge in [0.15, 0.2) is 0 Å². The molecule has 4 aromatic rings. The van der Waals surface area contributed by atoms with Gasteiger partial charge >= 0.3 is 0 Å². The Morgan fingerprint density at radius 2 is 1.10 bits per heavy atom. The lowest BCUT2D eigenvalue weighted by Crippen LogP contribution is -2.27. The molecule has 0 amide bonds. The number of imidazole rings is 4. The fourth-order valence-electron chi connectivity index (χ4n) is 3.34. The summed E-state index contributed by atoms with van der Waals surface area (Å²) in [6, 6.07) is 0. The fourth-order valence-corrected chi connectivity index (χ4v) is 3.34. The summed E-state index contributed by atoms with van der Waals surface area (Å²) in [5.41, 5.74) is -0.494. The van der Waals surface area contributed by atoms with Gasteiger partial charge in [-0.3, -0.25) is 0 Å². The zero-order valence-corrected chi connectivity index (χ0v) is 17.4. The van der Waals surface area contributed by atoms with Crippen LogP contribution >= 0.6 is 0 Å². The molecule has 0 atom stereocenters. The number of aromatic nitrogens is 8. The van der Waals surface area contributed by atoms with E-state index < -0.39 is 5.41 Å². The molecule has 0 aromatic carbocycles. The van der Waals surface area contributed by atoms with Crippen molar-refractivity contribution in [1.82, 2.24) is 38.2 Å². The smallest absolute Gasteiger partial charge is 0.239 e. The Hall–Kier alpha value is -3.56.